The van der Waals surface area contributed by atoms with E-state index in [4.69, 9.17) is 4.98 Å². The third-order valence-corrected chi connectivity index (χ3v) is 5.15. The van der Waals surface area contributed by atoms with Crippen LogP contribution in [0, 0.1) is 0 Å². The lowest BCUT2D eigenvalue weighted by atomic mass is 10.1. The van der Waals surface area contributed by atoms with Crippen molar-refractivity contribution >= 4 is 27.7 Å². The van der Waals surface area contributed by atoms with Crippen LogP contribution in [-0.2, 0) is 6.54 Å². The van der Waals surface area contributed by atoms with Crippen LogP contribution in [0.5, 0.6) is 0 Å². The Balaban J connectivity index is 1.79. The molecule has 0 radical (unpaired) electrons. The normalized spacial score (nSPS) is 11.7. The zero-order chi connectivity index (χ0) is 17.9. The van der Waals surface area contributed by atoms with Crippen LogP contribution in [0.15, 0.2) is 53.3 Å². The van der Waals surface area contributed by atoms with Crippen molar-refractivity contribution in [2.24, 2.45) is 0 Å². The average molecular weight is 347 g/mol. The SMILES string of the molecule is CCCCCCCCn1c2ccccc2n2c(=O)c3ccccc3nc12. The molecule has 4 rings (SSSR count). The summed E-state index contributed by atoms with van der Waals surface area (Å²) >= 11 is 0. The third kappa shape index (κ3) is 2.90. The number of unbranched alkanes of at least 4 members (excludes halogenated alkanes) is 5. The molecule has 4 aromatic rings. The zero-order valence-electron chi connectivity index (χ0n) is 15.3. The van der Waals surface area contributed by atoms with Crippen LogP contribution in [-0.4, -0.2) is 14.0 Å². The second-order valence-electron chi connectivity index (χ2n) is 6.98. The molecule has 26 heavy (non-hydrogen) atoms. The quantitative estimate of drug-likeness (QED) is 0.433. The maximum Gasteiger partial charge on any atom is 0.267 e. The van der Waals surface area contributed by atoms with E-state index in [1.54, 1.807) is 4.40 Å². The Hall–Kier alpha value is -2.62. The maximum atomic E-state index is 13.1. The molecule has 2 aromatic carbocycles. The van der Waals surface area contributed by atoms with E-state index < -0.39 is 0 Å². The van der Waals surface area contributed by atoms with Gasteiger partial charge in [0.15, 0.2) is 0 Å². The number of nitrogens with zero attached hydrogens (tertiary/aromatic N) is 3. The molecule has 0 bridgehead atoms. The average Bonchev–Trinajstić information content (AvgIpc) is 2.99. The molecule has 0 saturated heterocycles. The molecule has 0 spiro atoms. The minimum Gasteiger partial charge on any atom is -0.310 e. The minimum absolute atomic E-state index is 0.0171. The fourth-order valence-electron chi connectivity index (χ4n) is 3.78. The summed E-state index contributed by atoms with van der Waals surface area (Å²) in [4.78, 5) is 17.9. The van der Waals surface area contributed by atoms with E-state index in [1.807, 2.05) is 42.5 Å². The van der Waals surface area contributed by atoms with Gasteiger partial charge in [-0.3, -0.25) is 4.79 Å². The lowest BCUT2D eigenvalue weighted by Crippen LogP contribution is -2.15. The van der Waals surface area contributed by atoms with E-state index in [0.717, 1.165) is 35.3 Å². The molecule has 0 aliphatic carbocycles. The maximum absolute atomic E-state index is 13.1. The molecule has 4 heteroatoms. The first-order chi connectivity index (χ1) is 12.8. The van der Waals surface area contributed by atoms with Gasteiger partial charge in [-0.05, 0) is 30.7 Å². The number of aryl methyl sites for hydroxylation is 1. The van der Waals surface area contributed by atoms with Crippen LogP contribution in [0.25, 0.3) is 27.7 Å². The fourth-order valence-corrected chi connectivity index (χ4v) is 3.78. The number of hydrogen-bond donors (Lipinski definition) is 0. The summed E-state index contributed by atoms with van der Waals surface area (Å²) in [5.74, 6) is 0.753. The second kappa shape index (κ2) is 7.32. The van der Waals surface area contributed by atoms with E-state index in [9.17, 15) is 4.79 Å². The van der Waals surface area contributed by atoms with Gasteiger partial charge in [0.2, 0.25) is 5.78 Å². The molecular formula is C22H25N3O. The summed E-state index contributed by atoms with van der Waals surface area (Å²) in [6.45, 7) is 3.14. The van der Waals surface area contributed by atoms with Gasteiger partial charge in [0.25, 0.3) is 5.56 Å². The van der Waals surface area contributed by atoms with E-state index in [0.29, 0.717) is 5.39 Å². The van der Waals surface area contributed by atoms with Gasteiger partial charge in [0.05, 0.1) is 21.9 Å². The van der Waals surface area contributed by atoms with Gasteiger partial charge >= 0.3 is 0 Å². The van der Waals surface area contributed by atoms with Crippen LogP contribution in [0.3, 0.4) is 0 Å². The molecule has 0 fully saturated rings. The van der Waals surface area contributed by atoms with Gasteiger partial charge in [0.1, 0.15) is 0 Å². The Morgan fingerprint density at radius 1 is 0.846 bits per heavy atom. The molecule has 134 valence electrons. The lowest BCUT2D eigenvalue weighted by molar-refractivity contribution is 0.568. The monoisotopic (exact) mass is 347 g/mol. The molecular weight excluding hydrogens is 322 g/mol. The molecule has 0 aliphatic heterocycles. The van der Waals surface area contributed by atoms with Crippen molar-refractivity contribution in [1.82, 2.24) is 14.0 Å². The van der Waals surface area contributed by atoms with Crippen LogP contribution in [0.1, 0.15) is 45.4 Å². The Morgan fingerprint density at radius 3 is 2.38 bits per heavy atom. The number of rotatable bonds is 7. The Morgan fingerprint density at radius 2 is 1.54 bits per heavy atom. The molecule has 0 N–H and O–H groups in total. The highest BCUT2D eigenvalue weighted by Gasteiger charge is 2.15. The van der Waals surface area contributed by atoms with Crippen molar-refractivity contribution in [1.29, 1.82) is 0 Å². The van der Waals surface area contributed by atoms with Gasteiger partial charge in [-0.1, -0.05) is 63.3 Å². The fraction of sp³-hybridized carbons (Fsp3) is 0.364. The summed E-state index contributed by atoms with van der Waals surface area (Å²) < 4.78 is 3.98. The number of para-hydroxylation sites is 3. The summed E-state index contributed by atoms with van der Waals surface area (Å²) in [7, 11) is 0. The third-order valence-electron chi connectivity index (χ3n) is 5.15. The van der Waals surface area contributed by atoms with Crippen molar-refractivity contribution in [3.63, 3.8) is 0 Å². The smallest absolute Gasteiger partial charge is 0.267 e. The molecule has 4 nitrogen and oxygen atoms in total. The van der Waals surface area contributed by atoms with Crippen molar-refractivity contribution in [2.75, 3.05) is 0 Å². The minimum atomic E-state index is 0.0171. The van der Waals surface area contributed by atoms with Gasteiger partial charge in [0, 0.05) is 6.54 Å². The highest BCUT2D eigenvalue weighted by Crippen LogP contribution is 2.21. The number of hydrogen-bond acceptors (Lipinski definition) is 2. The molecule has 0 atom stereocenters. The largest absolute Gasteiger partial charge is 0.310 e. The summed E-state index contributed by atoms with van der Waals surface area (Å²) in [5.41, 5.74) is 2.81. The van der Waals surface area contributed by atoms with E-state index in [-0.39, 0.29) is 5.56 Å². The highest BCUT2D eigenvalue weighted by atomic mass is 16.1. The van der Waals surface area contributed by atoms with E-state index in [1.165, 1.54) is 32.1 Å². The van der Waals surface area contributed by atoms with E-state index >= 15 is 0 Å². The summed E-state index contributed by atoms with van der Waals surface area (Å²) in [6, 6.07) is 15.7. The van der Waals surface area contributed by atoms with Crippen molar-refractivity contribution < 1.29 is 0 Å². The van der Waals surface area contributed by atoms with Gasteiger partial charge < -0.3 is 4.57 Å². The number of imidazole rings is 1. The lowest BCUT2D eigenvalue weighted by Gasteiger charge is -2.06. The molecule has 0 unspecified atom stereocenters. The van der Waals surface area contributed by atoms with Gasteiger partial charge in [-0.25, -0.2) is 9.38 Å². The van der Waals surface area contributed by atoms with Gasteiger partial charge in [-0.15, -0.1) is 0 Å². The first-order valence-corrected chi connectivity index (χ1v) is 9.70. The number of benzene rings is 2. The molecule has 0 amide bonds. The molecule has 2 heterocycles. The Kier molecular flexibility index (Phi) is 4.74. The number of aromatic nitrogens is 3. The van der Waals surface area contributed by atoms with Crippen molar-refractivity contribution in [3.8, 4) is 0 Å². The highest BCUT2D eigenvalue weighted by molar-refractivity contribution is 5.85. The van der Waals surface area contributed by atoms with Crippen LogP contribution >= 0.6 is 0 Å². The zero-order valence-corrected chi connectivity index (χ0v) is 15.3. The molecule has 0 saturated carbocycles. The van der Waals surface area contributed by atoms with Crippen LogP contribution in [0.2, 0.25) is 0 Å². The molecule has 0 aliphatic rings. The first kappa shape index (κ1) is 16.8. The van der Waals surface area contributed by atoms with Crippen LogP contribution < -0.4 is 5.56 Å². The standard InChI is InChI=1S/C22H25N3O/c1-2-3-4-5-6-11-16-24-19-14-9-10-15-20(19)25-21(26)17-12-7-8-13-18(17)23-22(24)25/h7-10,12-15H,2-6,11,16H2,1H3. The first-order valence-electron chi connectivity index (χ1n) is 9.70. The van der Waals surface area contributed by atoms with Crippen LogP contribution in [0.4, 0.5) is 0 Å². The van der Waals surface area contributed by atoms with Crippen molar-refractivity contribution in [2.45, 2.75) is 52.0 Å². The van der Waals surface area contributed by atoms with Crippen molar-refractivity contribution in [3.05, 3.63) is 58.9 Å². The summed E-state index contributed by atoms with van der Waals surface area (Å²) in [6.07, 6.45) is 7.51. The summed E-state index contributed by atoms with van der Waals surface area (Å²) in [5, 5.41) is 0.674. The predicted molar refractivity (Wildman–Crippen MR) is 108 cm³/mol. The Labute approximate surface area is 153 Å². The Bertz CT molecular complexity index is 1110. The second-order valence-corrected chi connectivity index (χ2v) is 6.98. The molecule has 2 aromatic heterocycles. The topological polar surface area (TPSA) is 39.3 Å². The predicted octanol–water partition coefficient (Wildman–Crippen LogP) is 5.16. The van der Waals surface area contributed by atoms with E-state index in [2.05, 4.69) is 17.6 Å². The number of fused-ring (bicyclic) bond motifs is 4. The van der Waals surface area contributed by atoms with Gasteiger partial charge in [-0.2, -0.15) is 0 Å².